The normalized spacial score (nSPS) is 10.7. The molecule has 0 aliphatic rings. The Morgan fingerprint density at radius 2 is 2.08 bits per heavy atom. The van der Waals surface area contributed by atoms with Crippen LogP contribution in [0.15, 0.2) is 24.5 Å². The number of hydrogen-bond donors (Lipinski definition) is 1. The third-order valence-corrected chi connectivity index (χ3v) is 2.05. The fourth-order valence-electron chi connectivity index (χ4n) is 1.28. The summed E-state index contributed by atoms with van der Waals surface area (Å²) in [6.45, 7) is 5.84. The van der Waals surface area contributed by atoms with Gasteiger partial charge in [-0.2, -0.15) is 0 Å². The molecule has 0 atom stereocenters. The van der Waals surface area contributed by atoms with Crippen molar-refractivity contribution >= 4 is 0 Å². The number of nitrogens with zero attached hydrogens (tertiary/aromatic N) is 2. The minimum atomic E-state index is 0.721. The number of pyridine rings is 1. The van der Waals surface area contributed by atoms with Crippen LogP contribution in [0, 0.1) is 0 Å². The molecule has 72 valence electrons. The van der Waals surface area contributed by atoms with Crippen LogP contribution in [-0.2, 0) is 6.54 Å². The van der Waals surface area contributed by atoms with Gasteiger partial charge in [-0.1, -0.05) is 6.92 Å². The second-order valence-electron chi connectivity index (χ2n) is 3.01. The van der Waals surface area contributed by atoms with Crippen molar-refractivity contribution in [3.05, 3.63) is 30.1 Å². The van der Waals surface area contributed by atoms with Gasteiger partial charge in [-0.3, -0.25) is 9.88 Å². The number of hydrogen-bond acceptors (Lipinski definition) is 3. The van der Waals surface area contributed by atoms with Crippen LogP contribution in [0.25, 0.3) is 0 Å². The summed E-state index contributed by atoms with van der Waals surface area (Å²) < 4.78 is 0. The Morgan fingerprint density at radius 3 is 2.62 bits per heavy atom. The van der Waals surface area contributed by atoms with E-state index in [0.717, 1.165) is 26.2 Å². The third-order valence-electron chi connectivity index (χ3n) is 2.05. The lowest BCUT2D eigenvalue weighted by atomic mass is 10.2. The highest BCUT2D eigenvalue weighted by Gasteiger charge is 2.00. The molecular formula is C10H17N3. The first-order valence-electron chi connectivity index (χ1n) is 4.68. The molecule has 0 aromatic carbocycles. The Morgan fingerprint density at radius 1 is 1.38 bits per heavy atom. The van der Waals surface area contributed by atoms with Gasteiger partial charge in [0.25, 0.3) is 0 Å². The second-order valence-corrected chi connectivity index (χ2v) is 3.01. The first kappa shape index (κ1) is 10.2. The molecule has 0 radical (unpaired) electrons. The highest BCUT2D eigenvalue weighted by molar-refractivity contribution is 5.09. The first-order valence-corrected chi connectivity index (χ1v) is 4.68. The largest absolute Gasteiger partial charge is 0.329 e. The van der Waals surface area contributed by atoms with E-state index in [1.54, 1.807) is 0 Å². The Kier molecular flexibility index (Phi) is 4.43. The predicted molar refractivity (Wildman–Crippen MR) is 54.2 cm³/mol. The zero-order chi connectivity index (χ0) is 9.52. The maximum atomic E-state index is 5.50. The van der Waals surface area contributed by atoms with E-state index >= 15 is 0 Å². The molecule has 1 heterocycles. The molecule has 0 fully saturated rings. The van der Waals surface area contributed by atoms with Crippen molar-refractivity contribution in [3.8, 4) is 0 Å². The molecule has 1 aromatic rings. The van der Waals surface area contributed by atoms with Gasteiger partial charge >= 0.3 is 0 Å². The molecule has 1 aromatic heterocycles. The molecule has 3 heteroatoms. The van der Waals surface area contributed by atoms with Crippen LogP contribution in [0.4, 0.5) is 0 Å². The van der Waals surface area contributed by atoms with Gasteiger partial charge in [0.2, 0.25) is 0 Å². The van der Waals surface area contributed by atoms with E-state index in [1.807, 2.05) is 24.5 Å². The first-order chi connectivity index (χ1) is 6.36. The van der Waals surface area contributed by atoms with E-state index in [4.69, 9.17) is 5.73 Å². The number of nitrogens with two attached hydrogens (primary N) is 1. The highest BCUT2D eigenvalue weighted by Crippen LogP contribution is 2.01. The lowest BCUT2D eigenvalue weighted by Crippen LogP contribution is -2.28. The van der Waals surface area contributed by atoms with Gasteiger partial charge < -0.3 is 5.73 Å². The fourth-order valence-corrected chi connectivity index (χ4v) is 1.28. The summed E-state index contributed by atoms with van der Waals surface area (Å²) in [6.07, 6.45) is 3.65. The van der Waals surface area contributed by atoms with Crippen molar-refractivity contribution < 1.29 is 0 Å². The SMILES string of the molecule is CCN(CCN)Cc1ccncc1. The third kappa shape index (κ3) is 3.53. The van der Waals surface area contributed by atoms with Crippen LogP contribution < -0.4 is 5.73 Å². The van der Waals surface area contributed by atoms with Crippen LogP contribution in [0.1, 0.15) is 12.5 Å². The van der Waals surface area contributed by atoms with Crippen molar-refractivity contribution in [2.45, 2.75) is 13.5 Å². The monoisotopic (exact) mass is 179 g/mol. The number of aromatic nitrogens is 1. The predicted octanol–water partition coefficient (Wildman–Crippen LogP) is 0.862. The van der Waals surface area contributed by atoms with E-state index in [0.29, 0.717) is 0 Å². The summed E-state index contributed by atoms with van der Waals surface area (Å²) >= 11 is 0. The summed E-state index contributed by atoms with van der Waals surface area (Å²) in [7, 11) is 0. The number of rotatable bonds is 5. The molecule has 0 unspecified atom stereocenters. The standard InChI is InChI=1S/C10H17N3/c1-2-13(8-5-11)9-10-3-6-12-7-4-10/h3-4,6-7H,2,5,8-9,11H2,1H3. The summed E-state index contributed by atoms with van der Waals surface area (Å²) in [4.78, 5) is 6.30. The molecule has 0 bridgehead atoms. The minimum absolute atomic E-state index is 0.721. The molecule has 3 nitrogen and oxygen atoms in total. The van der Waals surface area contributed by atoms with Gasteiger partial charge in [0.15, 0.2) is 0 Å². The molecule has 0 spiro atoms. The van der Waals surface area contributed by atoms with E-state index < -0.39 is 0 Å². The van der Waals surface area contributed by atoms with Gasteiger partial charge in [0.1, 0.15) is 0 Å². The van der Waals surface area contributed by atoms with Crippen LogP contribution in [0.2, 0.25) is 0 Å². The molecule has 1 rings (SSSR count). The lowest BCUT2D eigenvalue weighted by Gasteiger charge is -2.18. The van der Waals surface area contributed by atoms with Crippen LogP contribution in [0.3, 0.4) is 0 Å². The average Bonchev–Trinajstić information content (AvgIpc) is 2.19. The Hall–Kier alpha value is -0.930. The van der Waals surface area contributed by atoms with E-state index in [2.05, 4.69) is 16.8 Å². The van der Waals surface area contributed by atoms with Crippen molar-refractivity contribution in [1.29, 1.82) is 0 Å². The lowest BCUT2D eigenvalue weighted by molar-refractivity contribution is 0.288. The summed E-state index contributed by atoms with van der Waals surface area (Å²) in [5, 5.41) is 0. The van der Waals surface area contributed by atoms with Crippen molar-refractivity contribution in [2.24, 2.45) is 5.73 Å². The zero-order valence-corrected chi connectivity index (χ0v) is 8.11. The molecule has 0 aliphatic carbocycles. The molecule has 0 saturated carbocycles. The average molecular weight is 179 g/mol. The summed E-state index contributed by atoms with van der Waals surface area (Å²) in [5.41, 5.74) is 6.80. The summed E-state index contributed by atoms with van der Waals surface area (Å²) in [5.74, 6) is 0. The number of likely N-dealkylation sites (N-methyl/N-ethyl adjacent to an activating group) is 1. The Labute approximate surface area is 79.6 Å². The fraction of sp³-hybridized carbons (Fsp3) is 0.500. The molecule has 0 amide bonds. The van der Waals surface area contributed by atoms with Gasteiger partial charge in [-0.15, -0.1) is 0 Å². The van der Waals surface area contributed by atoms with E-state index in [-0.39, 0.29) is 0 Å². The molecule has 0 aliphatic heterocycles. The quantitative estimate of drug-likeness (QED) is 0.729. The maximum absolute atomic E-state index is 5.50. The molecule has 2 N–H and O–H groups in total. The van der Waals surface area contributed by atoms with Crippen LogP contribution in [-0.4, -0.2) is 29.5 Å². The van der Waals surface area contributed by atoms with Crippen LogP contribution in [0.5, 0.6) is 0 Å². The smallest absolute Gasteiger partial charge is 0.0271 e. The molecule has 13 heavy (non-hydrogen) atoms. The Bertz CT molecular complexity index is 223. The topological polar surface area (TPSA) is 42.1 Å². The van der Waals surface area contributed by atoms with Crippen molar-refractivity contribution in [2.75, 3.05) is 19.6 Å². The van der Waals surface area contributed by atoms with Crippen molar-refractivity contribution in [1.82, 2.24) is 9.88 Å². The van der Waals surface area contributed by atoms with Gasteiger partial charge in [0.05, 0.1) is 0 Å². The van der Waals surface area contributed by atoms with E-state index in [9.17, 15) is 0 Å². The van der Waals surface area contributed by atoms with Crippen LogP contribution >= 0.6 is 0 Å². The van der Waals surface area contributed by atoms with Gasteiger partial charge in [-0.05, 0) is 24.2 Å². The van der Waals surface area contributed by atoms with Gasteiger partial charge in [-0.25, -0.2) is 0 Å². The highest BCUT2D eigenvalue weighted by atomic mass is 15.1. The van der Waals surface area contributed by atoms with E-state index in [1.165, 1.54) is 5.56 Å². The molecular weight excluding hydrogens is 162 g/mol. The second kappa shape index (κ2) is 5.67. The minimum Gasteiger partial charge on any atom is -0.329 e. The van der Waals surface area contributed by atoms with Gasteiger partial charge in [0, 0.05) is 32.0 Å². The molecule has 0 saturated heterocycles. The summed E-state index contributed by atoms with van der Waals surface area (Å²) in [6, 6.07) is 4.08. The Balaban J connectivity index is 2.46. The van der Waals surface area contributed by atoms with Crippen molar-refractivity contribution in [3.63, 3.8) is 0 Å². The zero-order valence-electron chi connectivity index (χ0n) is 8.11. The maximum Gasteiger partial charge on any atom is 0.0271 e.